The van der Waals surface area contributed by atoms with Crippen LogP contribution >= 0.6 is 15.9 Å². The SMILES string of the molecule is Cc1cc(Br)cnc1N(CCO)C1CC1. The van der Waals surface area contributed by atoms with Crippen molar-refractivity contribution in [1.29, 1.82) is 0 Å². The topological polar surface area (TPSA) is 36.4 Å². The van der Waals surface area contributed by atoms with Crippen LogP contribution in [0.25, 0.3) is 0 Å². The summed E-state index contributed by atoms with van der Waals surface area (Å²) in [5, 5.41) is 9.04. The first-order chi connectivity index (χ1) is 7.22. The third kappa shape index (κ3) is 2.49. The predicted octanol–water partition coefficient (Wildman–Crippen LogP) is 2.11. The zero-order chi connectivity index (χ0) is 10.8. The molecule has 0 unspecified atom stereocenters. The second-order valence-corrected chi connectivity index (χ2v) is 4.86. The highest BCUT2D eigenvalue weighted by molar-refractivity contribution is 9.10. The molecular weight excluding hydrogens is 256 g/mol. The highest BCUT2D eigenvalue weighted by atomic mass is 79.9. The van der Waals surface area contributed by atoms with Gasteiger partial charge in [-0.05, 0) is 47.3 Å². The maximum absolute atomic E-state index is 9.04. The molecule has 1 saturated carbocycles. The molecule has 0 aromatic carbocycles. The Morgan fingerprint density at radius 3 is 2.87 bits per heavy atom. The maximum atomic E-state index is 9.04. The van der Waals surface area contributed by atoms with Gasteiger partial charge in [-0.1, -0.05) is 0 Å². The summed E-state index contributed by atoms with van der Waals surface area (Å²) in [7, 11) is 0. The summed E-state index contributed by atoms with van der Waals surface area (Å²) in [5.41, 5.74) is 1.16. The Morgan fingerprint density at radius 2 is 2.33 bits per heavy atom. The van der Waals surface area contributed by atoms with E-state index in [9.17, 15) is 0 Å². The highest BCUT2D eigenvalue weighted by Crippen LogP contribution is 2.32. The summed E-state index contributed by atoms with van der Waals surface area (Å²) in [6, 6.07) is 2.65. The summed E-state index contributed by atoms with van der Waals surface area (Å²) in [6.45, 7) is 2.92. The number of aryl methyl sites for hydroxylation is 1. The average Bonchev–Trinajstić information content (AvgIpc) is 2.98. The molecule has 2 rings (SSSR count). The Balaban J connectivity index is 2.24. The number of nitrogens with zero attached hydrogens (tertiary/aromatic N) is 2. The number of aliphatic hydroxyl groups is 1. The third-order valence-electron chi connectivity index (χ3n) is 2.62. The summed E-state index contributed by atoms with van der Waals surface area (Å²) < 4.78 is 1.00. The molecule has 1 aromatic heterocycles. The minimum Gasteiger partial charge on any atom is -0.395 e. The number of aromatic nitrogens is 1. The molecule has 0 spiro atoms. The fourth-order valence-electron chi connectivity index (χ4n) is 1.79. The molecule has 1 aliphatic rings. The molecule has 0 amide bonds. The number of hydrogen-bond donors (Lipinski definition) is 1. The van der Waals surface area contributed by atoms with Crippen molar-refractivity contribution in [3.8, 4) is 0 Å². The van der Waals surface area contributed by atoms with E-state index in [1.807, 2.05) is 6.20 Å². The van der Waals surface area contributed by atoms with E-state index in [1.54, 1.807) is 0 Å². The fourth-order valence-corrected chi connectivity index (χ4v) is 2.24. The van der Waals surface area contributed by atoms with Gasteiger partial charge < -0.3 is 10.0 Å². The zero-order valence-electron chi connectivity index (χ0n) is 8.78. The van der Waals surface area contributed by atoms with Crippen molar-refractivity contribution in [3.63, 3.8) is 0 Å². The Morgan fingerprint density at radius 1 is 1.60 bits per heavy atom. The van der Waals surface area contributed by atoms with Crippen LogP contribution in [0.1, 0.15) is 18.4 Å². The standard InChI is InChI=1S/C11H15BrN2O/c1-8-6-9(12)7-13-11(8)14(4-5-15)10-2-3-10/h6-7,10,15H,2-5H2,1H3. The monoisotopic (exact) mass is 270 g/mol. The van der Waals surface area contributed by atoms with E-state index in [1.165, 1.54) is 12.8 Å². The summed E-state index contributed by atoms with van der Waals surface area (Å²) in [4.78, 5) is 6.64. The van der Waals surface area contributed by atoms with Gasteiger partial charge in [0.1, 0.15) is 5.82 Å². The molecule has 82 valence electrons. The largest absolute Gasteiger partial charge is 0.395 e. The van der Waals surface area contributed by atoms with Crippen molar-refractivity contribution >= 4 is 21.7 Å². The van der Waals surface area contributed by atoms with Crippen LogP contribution in [0.5, 0.6) is 0 Å². The Labute approximate surface area is 98.3 Å². The van der Waals surface area contributed by atoms with Crippen molar-refractivity contribution in [2.45, 2.75) is 25.8 Å². The van der Waals surface area contributed by atoms with Crippen molar-refractivity contribution < 1.29 is 5.11 Å². The second-order valence-electron chi connectivity index (χ2n) is 3.94. The minimum atomic E-state index is 0.188. The van der Waals surface area contributed by atoms with E-state index in [2.05, 4.69) is 38.8 Å². The number of rotatable bonds is 4. The van der Waals surface area contributed by atoms with Gasteiger partial charge in [-0.25, -0.2) is 4.98 Å². The van der Waals surface area contributed by atoms with E-state index >= 15 is 0 Å². The Bertz CT molecular complexity index is 352. The number of halogens is 1. The molecule has 0 radical (unpaired) electrons. The molecule has 1 aliphatic carbocycles. The van der Waals surface area contributed by atoms with Gasteiger partial charge >= 0.3 is 0 Å². The van der Waals surface area contributed by atoms with Gasteiger partial charge in [0, 0.05) is 23.3 Å². The number of aliphatic hydroxyl groups excluding tert-OH is 1. The number of hydrogen-bond acceptors (Lipinski definition) is 3. The molecule has 0 saturated heterocycles. The molecule has 1 N–H and O–H groups in total. The van der Waals surface area contributed by atoms with Gasteiger partial charge in [0.25, 0.3) is 0 Å². The van der Waals surface area contributed by atoms with E-state index in [0.29, 0.717) is 12.6 Å². The lowest BCUT2D eigenvalue weighted by Gasteiger charge is -2.24. The smallest absolute Gasteiger partial charge is 0.131 e. The van der Waals surface area contributed by atoms with Crippen LogP contribution in [0.4, 0.5) is 5.82 Å². The van der Waals surface area contributed by atoms with Crippen molar-refractivity contribution in [2.24, 2.45) is 0 Å². The van der Waals surface area contributed by atoms with Crippen LogP contribution in [0, 0.1) is 6.92 Å². The van der Waals surface area contributed by atoms with Crippen LogP contribution < -0.4 is 4.90 Å². The van der Waals surface area contributed by atoms with Crippen LogP contribution in [0.2, 0.25) is 0 Å². The van der Waals surface area contributed by atoms with Gasteiger partial charge in [-0.2, -0.15) is 0 Å². The molecule has 1 fully saturated rings. The first-order valence-electron chi connectivity index (χ1n) is 5.22. The van der Waals surface area contributed by atoms with Crippen LogP contribution in [-0.2, 0) is 0 Å². The van der Waals surface area contributed by atoms with Gasteiger partial charge in [0.15, 0.2) is 0 Å². The Kier molecular flexibility index (Phi) is 3.26. The molecule has 3 nitrogen and oxygen atoms in total. The molecule has 0 atom stereocenters. The van der Waals surface area contributed by atoms with Crippen molar-refractivity contribution in [3.05, 3.63) is 22.3 Å². The first-order valence-corrected chi connectivity index (χ1v) is 6.01. The maximum Gasteiger partial charge on any atom is 0.131 e. The third-order valence-corrected chi connectivity index (χ3v) is 3.05. The normalized spacial score (nSPS) is 15.4. The quantitative estimate of drug-likeness (QED) is 0.911. The molecule has 1 aromatic rings. The Hall–Kier alpha value is -0.610. The van der Waals surface area contributed by atoms with Crippen LogP contribution in [0.3, 0.4) is 0 Å². The number of anilines is 1. The van der Waals surface area contributed by atoms with Crippen LogP contribution in [0.15, 0.2) is 16.7 Å². The average molecular weight is 271 g/mol. The lowest BCUT2D eigenvalue weighted by atomic mass is 10.2. The van der Waals surface area contributed by atoms with Gasteiger partial charge in [-0.15, -0.1) is 0 Å². The van der Waals surface area contributed by atoms with Crippen molar-refractivity contribution in [2.75, 3.05) is 18.1 Å². The van der Waals surface area contributed by atoms with E-state index < -0.39 is 0 Å². The minimum absolute atomic E-state index is 0.188. The summed E-state index contributed by atoms with van der Waals surface area (Å²) in [6.07, 6.45) is 4.25. The van der Waals surface area contributed by atoms with E-state index in [-0.39, 0.29) is 6.61 Å². The zero-order valence-corrected chi connectivity index (χ0v) is 10.4. The molecule has 0 aliphatic heterocycles. The van der Waals surface area contributed by atoms with Gasteiger partial charge in [0.2, 0.25) is 0 Å². The fraction of sp³-hybridized carbons (Fsp3) is 0.545. The van der Waals surface area contributed by atoms with Gasteiger partial charge in [0.05, 0.1) is 6.61 Å². The van der Waals surface area contributed by atoms with E-state index in [4.69, 9.17) is 5.11 Å². The number of pyridine rings is 1. The summed E-state index contributed by atoms with van der Waals surface area (Å²) in [5.74, 6) is 1.01. The van der Waals surface area contributed by atoms with Crippen molar-refractivity contribution in [1.82, 2.24) is 4.98 Å². The highest BCUT2D eigenvalue weighted by Gasteiger charge is 2.30. The summed E-state index contributed by atoms with van der Waals surface area (Å²) >= 11 is 3.41. The van der Waals surface area contributed by atoms with E-state index in [0.717, 1.165) is 15.9 Å². The van der Waals surface area contributed by atoms with Crippen LogP contribution in [-0.4, -0.2) is 29.3 Å². The molecular formula is C11H15BrN2O. The lowest BCUT2D eigenvalue weighted by Crippen LogP contribution is -2.30. The second kappa shape index (κ2) is 4.49. The predicted molar refractivity (Wildman–Crippen MR) is 64.1 cm³/mol. The molecule has 0 bridgehead atoms. The molecule has 1 heterocycles. The van der Waals surface area contributed by atoms with Gasteiger partial charge in [-0.3, -0.25) is 0 Å². The lowest BCUT2D eigenvalue weighted by molar-refractivity contribution is 0.301. The first kappa shape index (κ1) is 10.9. The molecule has 15 heavy (non-hydrogen) atoms. The molecule has 4 heteroatoms.